The topological polar surface area (TPSA) is 78.5 Å². The summed E-state index contributed by atoms with van der Waals surface area (Å²) in [5.74, 6) is -0.237. The fourth-order valence-corrected chi connectivity index (χ4v) is 7.51. The Labute approximate surface area is 209 Å². The summed E-state index contributed by atoms with van der Waals surface area (Å²) in [6, 6.07) is 22.5. The lowest BCUT2D eigenvalue weighted by atomic mass is 9.95. The highest BCUT2D eigenvalue weighted by molar-refractivity contribution is 8.04. The number of hydrogen-bond donors (Lipinski definition) is 2. The standard InChI is InChI=1S/C27H25N3O3S2/c31-26(29-27-28-25-23-8-4-3-6-19(23)11-14-24(25)34-27)20-9-12-22(13-10-20)35(32,33)30-16-15-18-5-1-2-7-21(18)17-30/h1-10,12-13,27-28H,11,14-17H2,(H,29,31)/t27-/m1/s1. The molecular formula is C27H25N3O3S2. The molecule has 1 amide bonds. The fraction of sp³-hybridized carbons (Fsp3) is 0.222. The molecule has 1 atom stereocenters. The maximum atomic E-state index is 13.2. The Balaban J connectivity index is 1.12. The highest BCUT2D eigenvalue weighted by atomic mass is 32.2. The first-order valence-electron chi connectivity index (χ1n) is 11.7. The van der Waals surface area contributed by atoms with Gasteiger partial charge in [0.05, 0.1) is 10.6 Å². The number of fused-ring (bicyclic) bond motifs is 3. The van der Waals surface area contributed by atoms with Crippen LogP contribution in [0.1, 0.15) is 39.0 Å². The monoisotopic (exact) mass is 503 g/mol. The first-order valence-corrected chi connectivity index (χ1v) is 14.0. The zero-order valence-electron chi connectivity index (χ0n) is 19.0. The Morgan fingerprint density at radius 2 is 1.60 bits per heavy atom. The molecule has 0 bridgehead atoms. The van der Waals surface area contributed by atoms with E-state index in [0.29, 0.717) is 25.1 Å². The van der Waals surface area contributed by atoms with Gasteiger partial charge in [0.15, 0.2) is 5.50 Å². The smallest absolute Gasteiger partial charge is 0.253 e. The van der Waals surface area contributed by atoms with Crippen LogP contribution in [0.4, 0.5) is 0 Å². The van der Waals surface area contributed by atoms with Crippen LogP contribution >= 0.6 is 11.8 Å². The molecule has 0 saturated heterocycles. The molecule has 0 fully saturated rings. The Morgan fingerprint density at radius 3 is 2.40 bits per heavy atom. The van der Waals surface area contributed by atoms with E-state index in [1.54, 1.807) is 23.9 Å². The Morgan fingerprint density at radius 1 is 0.886 bits per heavy atom. The Hall–Kier alpha value is -3.07. The van der Waals surface area contributed by atoms with Crippen LogP contribution in [0, 0.1) is 0 Å². The molecule has 8 heteroatoms. The van der Waals surface area contributed by atoms with Crippen LogP contribution in [-0.4, -0.2) is 30.7 Å². The minimum atomic E-state index is -3.63. The predicted octanol–water partition coefficient (Wildman–Crippen LogP) is 4.10. The van der Waals surface area contributed by atoms with Gasteiger partial charge in [-0.15, -0.1) is 0 Å². The Kier molecular flexibility index (Phi) is 5.67. The van der Waals surface area contributed by atoms with E-state index >= 15 is 0 Å². The van der Waals surface area contributed by atoms with E-state index in [0.717, 1.165) is 24.1 Å². The first-order chi connectivity index (χ1) is 17.0. The molecular weight excluding hydrogens is 478 g/mol. The van der Waals surface area contributed by atoms with Gasteiger partial charge in [0.1, 0.15) is 0 Å². The lowest BCUT2D eigenvalue weighted by Gasteiger charge is -2.28. The largest absolute Gasteiger partial charge is 0.355 e. The number of allylic oxidation sites excluding steroid dienone is 1. The lowest BCUT2D eigenvalue weighted by molar-refractivity contribution is 0.0948. The van der Waals surface area contributed by atoms with Crippen molar-refractivity contribution in [2.75, 3.05) is 6.54 Å². The van der Waals surface area contributed by atoms with Gasteiger partial charge in [-0.25, -0.2) is 8.42 Å². The number of amides is 1. The van der Waals surface area contributed by atoms with Gasteiger partial charge in [-0.2, -0.15) is 4.31 Å². The van der Waals surface area contributed by atoms with Crippen LogP contribution in [0.2, 0.25) is 0 Å². The first kappa shape index (κ1) is 22.4. The number of thioether (sulfide) groups is 1. The molecule has 6 nitrogen and oxygen atoms in total. The average molecular weight is 504 g/mol. The van der Waals surface area contributed by atoms with Gasteiger partial charge in [-0.1, -0.05) is 60.3 Å². The summed E-state index contributed by atoms with van der Waals surface area (Å²) < 4.78 is 27.9. The van der Waals surface area contributed by atoms with Crippen molar-refractivity contribution in [3.8, 4) is 0 Å². The molecule has 0 spiro atoms. The number of hydrogen-bond acceptors (Lipinski definition) is 5. The summed E-state index contributed by atoms with van der Waals surface area (Å²) in [6.07, 6.45) is 2.66. The minimum absolute atomic E-state index is 0.204. The number of benzene rings is 3. The molecule has 2 aliphatic heterocycles. The zero-order chi connectivity index (χ0) is 24.0. The molecule has 3 aromatic rings. The molecule has 2 heterocycles. The number of nitrogens with zero attached hydrogens (tertiary/aromatic N) is 1. The molecule has 178 valence electrons. The summed E-state index contributed by atoms with van der Waals surface area (Å²) in [5, 5.41) is 6.47. The molecule has 3 aromatic carbocycles. The van der Waals surface area contributed by atoms with Crippen LogP contribution in [0.25, 0.3) is 5.70 Å². The molecule has 2 N–H and O–H groups in total. The van der Waals surface area contributed by atoms with Crippen LogP contribution in [0.3, 0.4) is 0 Å². The third-order valence-electron chi connectivity index (χ3n) is 6.83. The van der Waals surface area contributed by atoms with Crippen LogP contribution < -0.4 is 10.6 Å². The van der Waals surface area contributed by atoms with E-state index in [4.69, 9.17) is 0 Å². The van der Waals surface area contributed by atoms with Crippen molar-refractivity contribution in [1.29, 1.82) is 0 Å². The van der Waals surface area contributed by atoms with Gasteiger partial charge in [0.2, 0.25) is 10.0 Å². The SMILES string of the molecule is O=C(N[C@H]1NC2=C(CCc3ccccc32)S1)c1ccc(S(=O)(=O)N2CCc3ccccc3C2)cc1. The van der Waals surface area contributed by atoms with Crippen LogP contribution in [0.15, 0.2) is 82.6 Å². The average Bonchev–Trinajstić information content (AvgIpc) is 3.31. The second-order valence-corrected chi connectivity index (χ2v) is 12.1. The van der Waals surface area contributed by atoms with E-state index in [2.05, 4.69) is 34.9 Å². The van der Waals surface area contributed by atoms with E-state index in [-0.39, 0.29) is 16.3 Å². The summed E-state index contributed by atoms with van der Waals surface area (Å²) in [5.41, 5.74) is 6.04. The van der Waals surface area contributed by atoms with Gasteiger partial charge in [-0.3, -0.25) is 4.79 Å². The number of aryl methyl sites for hydroxylation is 1. The summed E-state index contributed by atoms with van der Waals surface area (Å²) in [7, 11) is -3.63. The molecule has 3 aliphatic rings. The molecule has 6 rings (SSSR count). The fourth-order valence-electron chi connectivity index (χ4n) is 4.95. The molecule has 1 aliphatic carbocycles. The molecule has 0 aromatic heterocycles. The normalized spacial score (nSPS) is 19.4. The van der Waals surface area contributed by atoms with Gasteiger partial charge in [-0.05, 0) is 60.2 Å². The zero-order valence-corrected chi connectivity index (χ0v) is 20.7. The number of sulfonamides is 1. The van der Waals surface area contributed by atoms with Crippen molar-refractivity contribution in [2.45, 2.75) is 36.2 Å². The number of rotatable bonds is 4. The Bertz CT molecular complexity index is 1450. The maximum Gasteiger partial charge on any atom is 0.253 e. The van der Waals surface area contributed by atoms with Crippen LogP contribution in [-0.2, 0) is 29.4 Å². The van der Waals surface area contributed by atoms with Gasteiger partial charge < -0.3 is 10.6 Å². The minimum Gasteiger partial charge on any atom is -0.355 e. The van der Waals surface area contributed by atoms with Gasteiger partial charge >= 0.3 is 0 Å². The van der Waals surface area contributed by atoms with E-state index in [1.165, 1.54) is 38.0 Å². The second-order valence-electron chi connectivity index (χ2n) is 8.95. The highest BCUT2D eigenvalue weighted by Gasteiger charge is 2.31. The summed E-state index contributed by atoms with van der Waals surface area (Å²) in [6.45, 7) is 0.819. The quantitative estimate of drug-likeness (QED) is 0.561. The third-order valence-corrected chi connectivity index (χ3v) is 9.86. The highest BCUT2D eigenvalue weighted by Crippen LogP contribution is 2.41. The molecule has 0 unspecified atom stereocenters. The molecule has 0 saturated carbocycles. The van der Waals surface area contributed by atoms with Crippen molar-refractivity contribution in [3.05, 3.63) is 106 Å². The summed E-state index contributed by atoms with van der Waals surface area (Å²) in [4.78, 5) is 14.4. The van der Waals surface area contributed by atoms with Crippen molar-refractivity contribution >= 4 is 33.4 Å². The van der Waals surface area contributed by atoms with Gasteiger partial charge in [0, 0.05) is 29.1 Å². The van der Waals surface area contributed by atoms with Crippen molar-refractivity contribution in [3.63, 3.8) is 0 Å². The van der Waals surface area contributed by atoms with E-state index < -0.39 is 10.0 Å². The molecule has 0 radical (unpaired) electrons. The predicted molar refractivity (Wildman–Crippen MR) is 138 cm³/mol. The second kappa shape index (κ2) is 8.86. The van der Waals surface area contributed by atoms with Crippen LogP contribution in [0.5, 0.6) is 0 Å². The van der Waals surface area contributed by atoms with Crippen molar-refractivity contribution in [2.24, 2.45) is 0 Å². The van der Waals surface area contributed by atoms with E-state index in [9.17, 15) is 13.2 Å². The summed E-state index contributed by atoms with van der Waals surface area (Å²) >= 11 is 1.64. The number of carbonyl (C=O) groups is 1. The van der Waals surface area contributed by atoms with E-state index in [1.807, 2.05) is 24.3 Å². The van der Waals surface area contributed by atoms with Crippen molar-refractivity contribution in [1.82, 2.24) is 14.9 Å². The third kappa shape index (κ3) is 4.16. The van der Waals surface area contributed by atoms with Gasteiger partial charge in [0.25, 0.3) is 5.91 Å². The number of nitrogens with one attached hydrogen (secondary N) is 2. The lowest BCUT2D eigenvalue weighted by Crippen LogP contribution is -2.39. The maximum absolute atomic E-state index is 13.2. The molecule has 35 heavy (non-hydrogen) atoms. The number of carbonyl (C=O) groups excluding carboxylic acids is 1. The van der Waals surface area contributed by atoms with Crippen molar-refractivity contribution < 1.29 is 13.2 Å².